The second-order valence-corrected chi connectivity index (χ2v) is 13.4. The van der Waals surface area contributed by atoms with E-state index in [1.165, 1.54) is 103 Å². The number of benzene rings is 1. The largest absolute Gasteiger partial charge is 0.207 e. The fraction of sp³-hybridized carbons (Fsp3) is 0.829. The van der Waals surface area contributed by atoms with E-state index in [9.17, 15) is 8.78 Å². The van der Waals surface area contributed by atoms with Gasteiger partial charge in [-0.25, -0.2) is 8.78 Å². The zero-order valence-electron chi connectivity index (χ0n) is 24.2. The molecule has 0 radical (unpaired) electrons. The molecule has 0 amide bonds. The molecule has 0 aromatic heterocycles. The number of halogens is 2. The van der Waals surface area contributed by atoms with Gasteiger partial charge in [0.1, 0.15) is 11.6 Å². The zero-order valence-corrected chi connectivity index (χ0v) is 24.2. The fourth-order valence-corrected chi connectivity index (χ4v) is 8.32. The molecular formula is C35H56F2. The Kier molecular flexibility index (Phi) is 11.8. The van der Waals surface area contributed by atoms with Gasteiger partial charge in [-0.1, -0.05) is 104 Å². The molecule has 1 aromatic carbocycles. The Balaban J connectivity index is 1.15. The summed E-state index contributed by atoms with van der Waals surface area (Å²) < 4.78 is 29.4. The summed E-state index contributed by atoms with van der Waals surface area (Å²) >= 11 is 0. The van der Waals surface area contributed by atoms with Crippen molar-refractivity contribution in [2.75, 3.05) is 0 Å². The number of unbranched alkanes of at least 4 members (excludes halogenated alkanes) is 5. The van der Waals surface area contributed by atoms with Crippen molar-refractivity contribution < 1.29 is 8.78 Å². The third kappa shape index (κ3) is 8.53. The van der Waals surface area contributed by atoms with Gasteiger partial charge in [0.15, 0.2) is 0 Å². The summed E-state index contributed by atoms with van der Waals surface area (Å²) in [5, 5.41) is 0. The van der Waals surface area contributed by atoms with Crippen LogP contribution >= 0.6 is 0 Å². The van der Waals surface area contributed by atoms with Crippen LogP contribution in [-0.2, 0) is 6.42 Å². The lowest BCUT2D eigenvalue weighted by molar-refractivity contribution is 0.108. The van der Waals surface area contributed by atoms with Crippen LogP contribution in [0, 0.1) is 41.2 Å². The molecule has 0 heterocycles. The van der Waals surface area contributed by atoms with Gasteiger partial charge in [0.25, 0.3) is 0 Å². The molecule has 4 rings (SSSR count). The van der Waals surface area contributed by atoms with Crippen molar-refractivity contribution in [1.82, 2.24) is 0 Å². The minimum Gasteiger partial charge on any atom is -0.207 e. The number of fused-ring (bicyclic) bond motifs is 1. The standard InChI is InChI=1S/C35H56F2/c1-3-5-7-8-9-10-26-12-14-27(15-13-26)16-17-28-18-19-30-23-31(21-20-29(30)22-28)32-24-34(36)33(11-6-4-2)35(37)25-32/h24-31H,3-23H2,1-2H3. The first-order valence-electron chi connectivity index (χ1n) is 16.5. The topological polar surface area (TPSA) is 0 Å². The van der Waals surface area contributed by atoms with Crippen LogP contribution in [0.5, 0.6) is 0 Å². The minimum atomic E-state index is -0.310. The molecule has 210 valence electrons. The molecule has 1 aromatic rings. The van der Waals surface area contributed by atoms with Crippen LogP contribution in [0.2, 0.25) is 0 Å². The Hall–Kier alpha value is -0.920. The highest BCUT2D eigenvalue weighted by Crippen LogP contribution is 2.49. The third-order valence-electron chi connectivity index (χ3n) is 10.8. The molecule has 0 spiro atoms. The molecule has 3 aliphatic rings. The van der Waals surface area contributed by atoms with Crippen molar-refractivity contribution in [1.29, 1.82) is 0 Å². The van der Waals surface area contributed by atoms with Gasteiger partial charge in [0.05, 0.1) is 0 Å². The normalized spacial score (nSPS) is 30.3. The highest BCUT2D eigenvalue weighted by Gasteiger charge is 2.36. The fourth-order valence-electron chi connectivity index (χ4n) is 8.32. The van der Waals surface area contributed by atoms with Gasteiger partial charge in [0, 0.05) is 5.56 Å². The smallest absolute Gasteiger partial charge is 0.129 e. The van der Waals surface area contributed by atoms with Crippen LogP contribution in [0.25, 0.3) is 0 Å². The highest BCUT2D eigenvalue weighted by molar-refractivity contribution is 5.29. The van der Waals surface area contributed by atoms with Crippen molar-refractivity contribution in [3.8, 4) is 0 Å². The van der Waals surface area contributed by atoms with Gasteiger partial charge in [-0.2, -0.15) is 0 Å². The molecule has 4 atom stereocenters. The quantitative estimate of drug-likeness (QED) is 0.230. The maximum atomic E-state index is 14.7. The number of hydrogen-bond donors (Lipinski definition) is 0. The summed E-state index contributed by atoms with van der Waals surface area (Å²) in [4.78, 5) is 0. The molecule has 3 fully saturated rings. The van der Waals surface area contributed by atoms with Crippen LogP contribution in [0.15, 0.2) is 12.1 Å². The van der Waals surface area contributed by atoms with Crippen molar-refractivity contribution in [2.24, 2.45) is 29.6 Å². The van der Waals surface area contributed by atoms with Crippen molar-refractivity contribution >= 4 is 0 Å². The van der Waals surface area contributed by atoms with Gasteiger partial charge < -0.3 is 0 Å². The number of hydrogen-bond acceptors (Lipinski definition) is 0. The van der Waals surface area contributed by atoms with E-state index in [-0.39, 0.29) is 11.6 Å². The summed E-state index contributed by atoms with van der Waals surface area (Å²) in [7, 11) is 0. The van der Waals surface area contributed by atoms with Crippen LogP contribution < -0.4 is 0 Å². The predicted molar refractivity (Wildman–Crippen MR) is 154 cm³/mol. The predicted octanol–water partition coefficient (Wildman–Crippen LogP) is 11.6. The molecule has 0 aliphatic heterocycles. The first kappa shape index (κ1) is 29.1. The molecule has 3 aliphatic carbocycles. The Labute approximate surface area is 227 Å². The van der Waals surface area contributed by atoms with E-state index >= 15 is 0 Å². The van der Waals surface area contributed by atoms with E-state index < -0.39 is 0 Å². The summed E-state index contributed by atoms with van der Waals surface area (Å²) in [5.74, 6) is 4.31. The lowest BCUT2D eigenvalue weighted by atomic mass is 9.63. The molecule has 3 saturated carbocycles. The Morgan fingerprint density at radius 2 is 1.16 bits per heavy atom. The average Bonchev–Trinajstić information content (AvgIpc) is 2.91. The summed E-state index contributed by atoms with van der Waals surface area (Å²) in [6.45, 7) is 4.37. The second kappa shape index (κ2) is 15.0. The van der Waals surface area contributed by atoms with Crippen LogP contribution in [0.1, 0.15) is 159 Å². The lowest BCUT2D eigenvalue weighted by Crippen LogP contribution is -2.31. The molecule has 37 heavy (non-hydrogen) atoms. The van der Waals surface area contributed by atoms with E-state index in [0.717, 1.165) is 60.8 Å². The molecule has 0 saturated heterocycles. The summed E-state index contributed by atoms with van der Waals surface area (Å²) in [6, 6.07) is 3.35. The first-order chi connectivity index (χ1) is 18.1. The molecule has 4 unspecified atom stereocenters. The van der Waals surface area contributed by atoms with Crippen LogP contribution in [0.4, 0.5) is 8.78 Å². The van der Waals surface area contributed by atoms with Crippen LogP contribution in [-0.4, -0.2) is 0 Å². The van der Waals surface area contributed by atoms with Gasteiger partial charge >= 0.3 is 0 Å². The van der Waals surface area contributed by atoms with E-state index in [4.69, 9.17) is 0 Å². The molecular weight excluding hydrogens is 458 g/mol. The maximum absolute atomic E-state index is 14.7. The molecule has 0 nitrogen and oxygen atoms in total. The Morgan fingerprint density at radius 3 is 1.86 bits per heavy atom. The van der Waals surface area contributed by atoms with Gasteiger partial charge in [-0.05, 0) is 98.1 Å². The Bertz CT molecular complexity index is 769. The molecule has 2 heteroatoms. The van der Waals surface area contributed by atoms with E-state index in [0.29, 0.717) is 17.9 Å². The monoisotopic (exact) mass is 514 g/mol. The van der Waals surface area contributed by atoms with Gasteiger partial charge in [-0.15, -0.1) is 0 Å². The van der Waals surface area contributed by atoms with E-state index in [1.807, 2.05) is 0 Å². The summed E-state index contributed by atoms with van der Waals surface area (Å²) in [6.07, 6.45) is 27.5. The summed E-state index contributed by atoms with van der Waals surface area (Å²) in [5.41, 5.74) is 1.23. The van der Waals surface area contributed by atoms with Gasteiger partial charge in [0.2, 0.25) is 0 Å². The van der Waals surface area contributed by atoms with Crippen molar-refractivity contribution in [3.05, 3.63) is 34.9 Å². The highest BCUT2D eigenvalue weighted by atomic mass is 19.1. The third-order valence-corrected chi connectivity index (χ3v) is 10.8. The molecule has 0 N–H and O–H groups in total. The van der Waals surface area contributed by atoms with E-state index in [2.05, 4.69) is 13.8 Å². The SMILES string of the molecule is CCCCCCCC1CCC(CCC2CCC3CC(c4cc(F)c(CCCC)c(F)c4)CCC3C2)CC1. The van der Waals surface area contributed by atoms with E-state index in [1.54, 1.807) is 12.1 Å². The lowest BCUT2D eigenvalue weighted by Gasteiger charge is -2.43. The van der Waals surface area contributed by atoms with Gasteiger partial charge in [-0.3, -0.25) is 0 Å². The minimum absolute atomic E-state index is 0.302. The first-order valence-corrected chi connectivity index (χ1v) is 16.5. The second-order valence-electron chi connectivity index (χ2n) is 13.4. The van der Waals surface area contributed by atoms with Crippen molar-refractivity contribution in [3.63, 3.8) is 0 Å². The van der Waals surface area contributed by atoms with Crippen molar-refractivity contribution in [2.45, 2.75) is 155 Å². The maximum Gasteiger partial charge on any atom is 0.129 e. The van der Waals surface area contributed by atoms with Crippen LogP contribution in [0.3, 0.4) is 0 Å². The Morgan fingerprint density at radius 1 is 0.595 bits per heavy atom. The molecule has 0 bridgehead atoms. The zero-order chi connectivity index (χ0) is 26.0. The number of rotatable bonds is 13. The average molecular weight is 515 g/mol.